The zero-order valence-electron chi connectivity index (χ0n) is 15.6. The quantitative estimate of drug-likeness (QED) is 0.669. The molecule has 0 aliphatic rings. The van der Waals surface area contributed by atoms with Crippen LogP contribution in [0.25, 0.3) is 0 Å². The average molecular weight is 395 g/mol. The summed E-state index contributed by atoms with van der Waals surface area (Å²) in [6.45, 7) is 3.89. The lowest BCUT2D eigenvalue weighted by Gasteiger charge is -2.14. The van der Waals surface area contributed by atoms with E-state index in [-0.39, 0.29) is 10.8 Å². The first-order valence-electron chi connectivity index (χ1n) is 8.74. The van der Waals surface area contributed by atoms with Gasteiger partial charge in [-0.05, 0) is 55.8 Å². The molecule has 1 heterocycles. The Morgan fingerprint density at radius 1 is 0.964 bits per heavy atom. The fourth-order valence-electron chi connectivity index (χ4n) is 2.68. The minimum Gasteiger partial charge on any atom is -0.346 e. The molecule has 0 aliphatic carbocycles. The van der Waals surface area contributed by atoms with Crippen molar-refractivity contribution >= 4 is 21.6 Å². The number of nitrogens with one attached hydrogen (secondary N) is 2. The largest absolute Gasteiger partial charge is 0.346 e. The Balaban J connectivity index is 1.78. The second-order valence-electron chi connectivity index (χ2n) is 6.40. The highest BCUT2D eigenvalue weighted by molar-refractivity contribution is 7.92. The van der Waals surface area contributed by atoms with Crippen LogP contribution in [0, 0.1) is 13.8 Å². The van der Waals surface area contributed by atoms with E-state index in [2.05, 4.69) is 15.0 Å². The van der Waals surface area contributed by atoms with Crippen molar-refractivity contribution in [3.63, 3.8) is 0 Å². The van der Waals surface area contributed by atoms with Crippen LogP contribution >= 0.6 is 0 Å². The van der Waals surface area contributed by atoms with Gasteiger partial charge >= 0.3 is 0 Å². The number of rotatable bonds is 6. The second kappa shape index (κ2) is 8.22. The third-order valence-corrected chi connectivity index (χ3v) is 5.69. The summed E-state index contributed by atoms with van der Waals surface area (Å²) in [4.78, 5) is 16.9. The van der Waals surface area contributed by atoms with Gasteiger partial charge in [0.15, 0.2) is 0 Å². The van der Waals surface area contributed by atoms with Gasteiger partial charge in [-0.2, -0.15) is 0 Å². The molecule has 0 unspecified atom stereocenters. The monoisotopic (exact) mass is 395 g/mol. The van der Waals surface area contributed by atoms with E-state index in [1.54, 1.807) is 61.7 Å². The number of aromatic nitrogens is 1. The van der Waals surface area contributed by atoms with E-state index >= 15 is 0 Å². The number of sulfonamides is 1. The third kappa shape index (κ3) is 4.55. The maximum atomic E-state index is 12.6. The first-order chi connectivity index (χ1) is 13.4. The molecule has 6 nitrogen and oxygen atoms in total. The highest BCUT2D eigenvalue weighted by Crippen LogP contribution is 2.23. The molecule has 0 aliphatic heterocycles. The fraction of sp³-hybridized carbons (Fsp3) is 0.143. The van der Waals surface area contributed by atoms with Gasteiger partial charge < -0.3 is 5.32 Å². The molecule has 2 aromatic carbocycles. The SMILES string of the molecule is Cc1ccc(S(=O)(=O)Nc2cccc(C(=O)NCc3ccccn3)c2C)cc1. The molecule has 3 aromatic rings. The van der Waals surface area contributed by atoms with E-state index in [0.29, 0.717) is 23.4 Å². The summed E-state index contributed by atoms with van der Waals surface area (Å²) in [5, 5.41) is 2.81. The van der Waals surface area contributed by atoms with E-state index in [1.165, 1.54) is 0 Å². The fourth-order valence-corrected chi connectivity index (χ4v) is 3.80. The number of nitrogens with zero attached hydrogens (tertiary/aromatic N) is 1. The Kier molecular flexibility index (Phi) is 5.75. The average Bonchev–Trinajstić information content (AvgIpc) is 2.69. The van der Waals surface area contributed by atoms with Gasteiger partial charge in [0.25, 0.3) is 15.9 Å². The Morgan fingerprint density at radius 3 is 2.39 bits per heavy atom. The van der Waals surface area contributed by atoms with Crippen LogP contribution in [-0.4, -0.2) is 19.3 Å². The van der Waals surface area contributed by atoms with Crippen LogP contribution < -0.4 is 10.0 Å². The zero-order valence-corrected chi connectivity index (χ0v) is 16.5. The molecule has 0 saturated heterocycles. The summed E-state index contributed by atoms with van der Waals surface area (Å²) in [5.41, 5.74) is 3.04. The van der Waals surface area contributed by atoms with Crippen molar-refractivity contribution in [1.29, 1.82) is 0 Å². The number of amides is 1. The third-order valence-electron chi connectivity index (χ3n) is 4.31. The van der Waals surface area contributed by atoms with Crippen LogP contribution in [0.2, 0.25) is 0 Å². The molecule has 2 N–H and O–H groups in total. The minimum absolute atomic E-state index is 0.169. The summed E-state index contributed by atoms with van der Waals surface area (Å²) in [7, 11) is -3.74. The minimum atomic E-state index is -3.74. The van der Waals surface area contributed by atoms with E-state index in [4.69, 9.17) is 0 Å². The first kappa shape index (κ1) is 19.6. The first-order valence-corrected chi connectivity index (χ1v) is 10.2. The Morgan fingerprint density at radius 2 is 1.71 bits per heavy atom. The van der Waals surface area contributed by atoms with Crippen LogP contribution in [0.1, 0.15) is 27.2 Å². The van der Waals surface area contributed by atoms with Gasteiger partial charge in [-0.1, -0.05) is 29.8 Å². The van der Waals surface area contributed by atoms with Crippen molar-refractivity contribution in [1.82, 2.24) is 10.3 Å². The Bertz CT molecular complexity index is 1080. The van der Waals surface area contributed by atoms with E-state index in [9.17, 15) is 13.2 Å². The van der Waals surface area contributed by atoms with Gasteiger partial charge in [-0.15, -0.1) is 0 Å². The van der Waals surface area contributed by atoms with Crippen molar-refractivity contribution < 1.29 is 13.2 Å². The van der Waals surface area contributed by atoms with Crippen molar-refractivity contribution in [2.45, 2.75) is 25.3 Å². The van der Waals surface area contributed by atoms with Gasteiger partial charge in [-0.25, -0.2) is 8.42 Å². The highest BCUT2D eigenvalue weighted by Gasteiger charge is 2.18. The molecule has 1 amide bonds. The maximum absolute atomic E-state index is 12.6. The lowest BCUT2D eigenvalue weighted by atomic mass is 10.1. The van der Waals surface area contributed by atoms with Gasteiger partial charge in [0, 0.05) is 11.8 Å². The standard InChI is InChI=1S/C21H21N3O3S/c1-15-9-11-18(12-10-15)28(26,27)24-20-8-5-7-19(16(20)2)21(25)23-14-17-6-3-4-13-22-17/h3-13,24H,14H2,1-2H3,(H,23,25). The molecule has 0 saturated carbocycles. The topological polar surface area (TPSA) is 88.2 Å². The number of hydrogen-bond donors (Lipinski definition) is 2. The summed E-state index contributed by atoms with van der Waals surface area (Å²) in [6.07, 6.45) is 1.66. The number of carbonyl (C=O) groups is 1. The summed E-state index contributed by atoms with van der Waals surface area (Å²) < 4.78 is 27.8. The highest BCUT2D eigenvalue weighted by atomic mass is 32.2. The van der Waals surface area contributed by atoms with Gasteiger partial charge in [0.1, 0.15) is 0 Å². The van der Waals surface area contributed by atoms with E-state index < -0.39 is 10.0 Å². The normalized spacial score (nSPS) is 11.1. The summed E-state index contributed by atoms with van der Waals surface area (Å²) in [6, 6.07) is 17.0. The predicted molar refractivity (Wildman–Crippen MR) is 109 cm³/mol. The number of carbonyl (C=O) groups excluding carboxylic acids is 1. The number of benzene rings is 2. The summed E-state index contributed by atoms with van der Waals surface area (Å²) in [5.74, 6) is -0.292. The summed E-state index contributed by atoms with van der Waals surface area (Å²) >= 11 is 0. The smallest absolute Gasteiger partial charge is 0.261 e. The van der Waals surface area contributed by atoms with Crippen LogP contribution in [0.3, 0.4) is 0 Å². The second-order valence-corrected chi connectivity index (χ2v) is 8.08. The molecular weight excluding hydrogens is 374 g/mol. The number of anilines is 1. The van der Waals surface area contributed by atoms with E-state index in [1.807, 2.05) is 19.1 Å². The van der Waals surface area contributed by atoms with Gasteiger partial charge in [0.2, 0.25) is 0 Å². The number of pyridine rings is 1. The van der Waals surface area contributed by atoms with Crippen molar-refractivity contribution in [3.05, 3.63) is 89.2 Å². The molecule has 0 bridgehead atoms. The lowest BCUT2D eigenvalue weighted by molar-refractivity contribution is 0.0950. The Hall–Kier alpha value is -3.19. The van der Waals surface area contributed by atoms with Crippen molar-refractivity contribution in [2.24, 2.45) is 0 Å². The predicted octanol–water partition coefficient (Wildman–Crippen LogP) is 3.43. The molecule has 28 heavy (non-hydrogen) atoms. The van der Waals surface area contributed by atoms with Crippen molar-refractivity contribution in [3.8, 4) is 0 Å². The molecular formula is C21H21N3O3S. The molecule has 0 radical (unpaired) electrons. The Labute approximate surface area is 164 Å². The van der Waals surface area contributed by atoms with Crippen molar-refractivity contribution in [2.75, 3.05) is 4.72 Å². The van der Waals surface area contributed by atoms with Gasteiger partial charge in [-0.3, -0.25) is 14.5 Å². The molecule has 3 rings (SSSR count). The van der Waals surface area contributed by atoms with Crippen LogP contribution in [0.15, 0.2) is 71.8 Å². The molecule has 0 atom stereocenters. The van der Waals surface area contributed by atoms with Crippen LogP contribution in [0.4, 0.5) is 5.69 Å². The molecule has 1 aromatic heterocycles. The van der Waals surface area contributed by atoms with Crippen LogP contribution in [0.5, 0.6) is 0 Å². The number of aryl methyl sites for hydroxylation is 1. The molecule has 0 fully saturated rings. The molecule has 144 valence electrons. The lowest BCUT2D eigenvalue weighted by Crippen LogP contribution is -2.24. The van der Waals surface area contributed by atoms with Crippen LogP contribution in [-0.2, 0) is 16.6 Å². The maximum Gasteiger partial charge on any atom is 0.261 e. The van der Waals surface area contributed by atoms with Gasteiger partial charge in [0.05, 0.1) is 22.8 Å². The molecule has 0 spiro atoms. The molecule has 7 heteroatoms. The number of hydrogen-bond acceptors (Lipinski definition) is 4. The van der Waals surface area contributed by atoms with E-state index in [0.717, 1.165) is 11.3 Å². The zero-order chi connectivity index (χ0) is 20.1.